The van der Waals surface area contributed by atoms with Gasteiger partial charge in [0, 0.05) is 5.02 Å². The van der Waals surface area contributed by atoms with Crippen molar-refractivity contribution in [3.05, 3.63) is 43.9 Å². The molecule has 2 aromatic rings. The van der Waals surface area contributed by atoms with Gasteiger partial charge < -0.3 is 9.47 Å². The summed E-state index contributed by atoms with van der Waals surface area (Å²) in [5.74, 6) is 0.409. The van der Waals surface area contributed by atoms with Gasteiger partial charge >= 0.3 is 5.97 Å². The smallest absolute Gasteiger partial charge is 0.350 e. The number of aryl methyl sites for hydroxylation is 3. The maximum Gasteiger partial charge on any atom is 0.350 e. The average Bonchev–Trinajstić information content (AvgIpc) is 2.84. The van der Waals surface area contributed by atoms with E-state index in [-0.39, 0.29) is 5.97 Å². The first-order valence-corrected chi connectivity index (χ1v) is 8.14. The third-order valence-electron chi connectivity index (χ3n) is 3.07. The van der Waals surface area contributed by atoms with Gasteiger partial charge in [-0.15, -0.1) is 11.3 Å². The zero-order valence-corrected chi connectivity index (χ0v) is 14.6. The number of esters is 1. The summed E-state index contributed by atoms with van der Waals surface area (Å²) in [4.78, 5) is 16.7. The number of hydrogen-bond acceptors (Lipinski definition) is 5. The second-order valence-electron chi connectivity index (χ2n) is 4.90. The van der Waals surface area contributed by atoms with Gasteiger partial charge in [-0.25, -0.2) is 9.78 Å². The molecule has 1 aromatic carbocycles. The highest BCUT2D eigenvalue weighted by atomic mass is 35.5. The number of ether oxygens (including phenoxy) is 2. The molecule has 0 radical (unpaired) electrons. The van der Waals surface area contributed by atoms with Crippen molar-refractivity contribution in [3.8, 4) is 5.75 Å². The summed E-state index contributed by atoms with van der Waals surface area (Å²) in [5, 5.41) is 1.49. The summed E-state index contributed by atoms with van der Waals surface area (Å²) in [6.07, 6.45) is 0. The fourth-order valence-electron chi connectivity index (χ4n) is 2.03. The second-order valence-corrected chi connectivity index (χ2v) is 6.36. The molecule has 4 nitrogen and oxygen atoms in total. The molecular weight excluding hydrogens is 322 g/mol. The Balaban J connectivity index is 2.09. The molecule has 0 aliphatic rings. The lowest BCUT2D eigenvalue weighted by atomic mass is 10.1. The molecule has 0 unspecified atom stereocenters. The van der Waals surface area contributed by atoms with E-state index in [4.69, 9.17) is 21.1 Å². The van der Waals surface area contributed by atoms with E-state index in [1.54, 1.807) is 13.8 Å². The molecule has 0 N–H and O–H groups in total. The summed E-state index contributed by atoms with van der Waals surface area (Å²) in [6, 6.07) is 3.78. The fraction of sp³-hybridized carbons (Fsp3) is 0.375. The van der Waals surface area contributed by atoms with Crippen molar-refractivity contribution in [3.63, 3.8) is 0 Å². The molecule has 0 bridgehead atoms. The molecule has 0 aliphatic heterocycles. The number of halogens is 1. The topological polar surface area (TPSA) is 48.4 Å². The van der Waals surface area contributed by atoms with Gasteiger partial charge in [-0.1, -0.05) is 11.6 Å². The minimum absolute atomic E-state index is 0.311. The Bertz CT molecular complexity index is 674. The molecule has 0 saturated heterocycles. The van der Waals surface area contributed by atoms with E-state index < -0.39 is 0 Å². The van der Waals surface area contributed by atoms with Crippen molar-refractivity contribution in [2.75, 3.05) is 6.61 Å². The Morgan fingerprint density at radius 1 is 1.27 bits per heavy atom. The van der Waals surface area contributed by atoms with Crippen molar-refractivity contribution >= 4 is 28.9 Å². The van der Waals surface area contributed by atoms with Crippen molar-refractivity contribution in [2.45, 2.75) is 34.3 Å². The van der Waals surface area contributed by atoms with Crippen molar-refractivity contribution in [2.24, 2.45) is 0 Å². The van der Waals surface area contributed by atoms with Crippen molar-refractivity contribution in [1.29, 1.82) is 0 Å². The van der Waals surface area contributed by atoms with E-state index in [2.05, 4.69) is 4.98 Å². The average molecular weight is 340 g/mol. The van der Waals surface area contributed by atoms with Gasteiger partial charge in [-0.05, 0) is 51.0 Å². The van der Waals surface area contributed by atoms with Crippen LogP contribution in [0.4, 0.5) is 0 Å². The highest BCUT2D eigenvalue weighted by Crippen LogP contribution is 2.27. The summed E-state index contributed by atoms with van der Waals surface area (Å²) in [6.45, 7) is 8.12. The van der Waals surface area contributed by atoms with Gasteiger partial charge in [-0.2, -0.15) is 0 Å². The van der Waals surface area contributed by atoms with Crippen LogP contribution in [-0.4, -0.2) is 17.6 Å². The summed E-state index contributed by atoms with van der Waals surface area (Å²) in [5.41, 5.74) is 2.61. The molecule has 0 amide bonds. The predicted molar refractivity (Wildman–Crippen MR) is 88.1 cm³/mol. The number of thiazole rings is 1. The number of nitrogens with zero attached hydrogens (tertiary/aromatic N) is 1. The van der Waals surface area contributed by atoms with Crippen LogP contribution in [0.5, 0.6) is 5.75 Å². The maximum atomic E-state index is 11.8. The first-order chi connectivity index (χ1) is 10.4. The van der Waals surface area contributed by atoms with Crippen LogP contribution in [0.2, 0.25) is 5.02 Å². The Kier molecular flexibility index (Phi) is 5.42. The van der Waals surface area contributed by atoms with Crippen molar-refractivity contribution in [1.82, 2.24) is 4.98 Å². The fourth-order valence-corrected chi connectivity index (χ4v) is 3.02. The molecule has 22 heavy (non-hydrogen) atoms. The van der Waals surface area contributed by atoms with Gasteiger partial charge in [0.25, 0.3) is 0 Å². The first kappa shape index (κ1) is 16.8. The largest absolute Gasteiger partial charge is 0.486 e. The van der Waals surface area contributed by atoms with Crippen LogP contribution in [-0.2, 0) is 11.3 Å². The third-order valence-corrected chi connectivity index (χ3v) is 4.78. The highest BCUT2D eigenvalue weighted by Gasteiger charge is 2.16. The van der Waals surface area contributed by atoms with Crippen LogP contribution < -0.4 is 4.74 Å². The number of aromatic nitrogens is 1. The zero-order valence-electron chi connectivity index (χ0n) is 13.0. The van der Waals surface area contributed by atoms with Crippen LogP contribution in [0.15, 0.2) is 12.1 Å². The van der Waals surface area contributed by atoms with Crippen LogP contribution in [0.3, 0.4) is 0 Å². The Hall–Kier alpha value is -1.59. The van der Waals surface area contributed by atoms with Gasteiger partial charge in [-0.3, -0.25) is 0 Å². The summed E-state index contributed by atoms with van der Waals surface area (Å²) >= 11 is 7.44. The lowest BCUT2D eigenvalue weighted by Crippen LogP contribution is -2.03. The Morgan fingerprint density at radius 2 is 1.91 bits per heavy atom. The standard InChI is InChI=1S/C16H18ClNO3S/c1-5-20-16(19)15-11(4)18-13(22-15)8-21-12-6-9(2)14(17)10(3)7-12/h6-7H,5,8H2,1-4H3. The van der Waals surface area contributed by atoms with Crippen LogP contribution in [0.25, 0.3) is 0 Å². The number of carbonyl (C=O) groups is 1. The SMILES string of the molecule is CCOC(=O)c1sc(COc2cc(C)c(Cl)c(C)c2)nc1C. The molecule has 118 valence electrons. The molecule has 0 fully saturated rings. The lowest BCUT2D eigenvalue weighted by Gasteiger charge is -2.08. The van der Waals surface area contributed by atoms with Crippen LogP contribution in [0.1, 0.15) is 38.4 Å². The van der Waals surface area contributed by atoms with Gasteiger partial charge in [0.1, 0.15) is 22.2 Å². The molecule has 0 aliphatic carbocycles. The van der Waals surface area contributed by atoms with Gasteiger partial charge in [0.2, 0.25) is 0 Å². The monoisotopic (exact) mass is 339 g/mol. The minimum atomic E-state index is -0.332. The lowest BCUT2D eigenvalue weighted by molar-refractivity contribution is 0.0531. The second kappa shape index (κ2) is 7.11. The normalized spacial score (nSPS) is 10.6. The van der Waals surface area contributed by atoms with E-state index in [0.717, 1.165) is 26.9 Å². The molecule has 0 spiro atoms. The van der Waals surface area contributed by atoms with E-state index in [1.807, 2.05) is 26.0 Å². The quantitative estimate of drug-likeness (QED) is 0.754. The van der Waals surface area contributed by atoms with Crippen LogP contribution in [0, 0.1) is 20.8 Å². The Labute approximate surface area is 139 Å². The molecule has 2 rings (SSSR count). The van der Waals surface area contributed by atoms with E-state index in [1.165, 1.54) is 11.3 Å². The van der Waals surface area contributed by atoms with Gasteiger partial charge in [0.15, 0.2) is 0 Å². The minimum Gasteiger partial charge on any atom is -0.486 e. The van der Waals surface area contributed by atoms with E-state index in [0.29, 0.717) is 23.8 Å². The third kappa shape index (κ3) is 3.78. The van der Waals surface area contributed by atoms with Crippen molar-refractivity contribution < 1.29 is 14.3 Å². The number of benzene rings is 1. The molecule has 6 heteroatoms. The zero-order chi connectivity index (χ0) is 16.3. The molecular formula is C16H18ClNO3S. The molecule has 1 heterocycles. The summed E-state index contributed by atoms with van der Waals surface area (Å²) < 4.78 is 10.8. The molecule has 1 aromatic heterocycles. The number of rotatable bonds is 5. The molecule has 0 saturated carbocycles. The maximum absolute atomic E-state index is 11.8. The van der Waals surface area contributed by atoms with E-state index in [9.17, 15) is 4.79 Å². The predicted octanol–water partition coefficient (Wildman–Crippen LogP) is 4.48. The number of hydrogen-bond donors (Lipinski definition) is 0. The Morgan fingerprint density at radius 3 is 2.50 bits per heavy atom. The highest BCUT2D eigenvalue weighted by molar-refractivity contribution is 7.13. The summed E-state index contributed by atoms with van der Waals surface area (Å²) in [7, 11) is 0. The first-order valence-electron chi connectivity index (χ1n) is 6.95. The molecule has 0 atom stereocenters. The van der Waals surface area contributed by atoms with Crippen LogP contribution >= 0.6 is 22.9 Å². The number of carbonyl (C=O) groups excluding carboxylic acids is 1. The van der Waals surface area contributed by atoms with Gasteiger partial charge in [0.05, 0.1) is 12.3 Å². The van der Waals surface area contributed by atoms with E-state index >= 15 is 0 Å².